The Hall–Kier alpha value is -2.93. The van der Waals surface area contributed by atoms with Crippen molar-refractivity contribution < 1.29 is 9.53 Å². The van der Waals surface area contributed by atoms with Crippen molar-refractivity contribution in [3.63, 3.8) is 0 Å². The Morgan fingerprint density at radius 3 is 2.85 bits per heavy atom. The molecule has 3 aromatic rings. The van der Waals surface area contributed by atoms with Crippen LogP contribution in [0.4, 0.5) is 5.82 Å². The molecule has 3 N–H and O–H groups in total. The number of allylic oxidation sites excluding steroid dienone is 1. The zero-order valence-electron chi connectivity index (χ0n) is 14.4. The Labute approximate surface area is 150 Å². The van der Waals surface area contributed by atoms with Gasteiger partial charge in [-0.2, -0.15) is 0 Å². The molecular weight excluding hydrogens is 330 g/mol. The van der Waals surface area contributed by atoms with Crippen molar-refractivity contribution in [2.45, 2.75) is 25.5 Å². The summed E-state index contributed by atoms with van der Waals surface area (Å²) in [6, 6.07) is 7.56. The van der Waals surface area contributed by atoms with Crippen LogP contribution < -0.4 is 11.1 Å². The van der Waals surface area contributed by atoms with Gasteiger partial charge in [-0.05, 0) is 25.0 Å². The maximum Gasteiger partial charge on any atom is 0.257 e. The number of rotatable bonds is 5. The minimum Gasteiger partial charge on any atom is -0.384 e. The number of benzene rings is 1. The van der Waals surface area contributed by atoms with Gasteiger partial charge in [-0.15, -0.1) is 6.58 Å². The molecule has 1 amide bonds. The summed E-state index contributed by atoms with van der Waals surface area (Å²) in [7, 11) is 0. The molecule has 0 saturated carbocycles. The lowest BCUT2D eigenvalue weighted by atomic mass is 10.2. The monoisotopic (exact) mass is 351 g/mol. The molecule has 0 aliphatic carbocycles. The average molecular weight is 351 g/mol. The molecule has 7 nitrogen and oxygen atoms in total. The SMILES string of the molecule is C=CCn1c(N)c(C(=O)NC[C@@H]2CCCO2)c2nc3ccccc3nc21. The van der Waals surface area contributed by atoms with Gasteiger partial charge in [0.1, 0.15) is 16.9 Å². The van der Waals surface area contributed by atoms with Gasteiger partial charge in [0.05, 0.1) is 17.1 Å². The minimum absolute atomic E-state index is 0.0635. The number of carbonyl (C=O) groups is 1. The summed E-state index contributed by atoms with van der Waals surface area (Å²) in [5, 5.41) is 2.93. The third-order valence-electron chi connectivity index (χ3n) is 4.64. The summed E-state index contributed by atoms with van der Waals surface area (Å²) < 4.78 is 7.33. The molecule has 1 atom stereocenters. The maximum atomic E-state index is 12.8. The summed E-state index contributed by atoms with van der Waals surface area (Å²) >= 11 is 0. The fourth-order valence-corrected chi connectivity index (χ4v) is 3.36. The summed E-state index contributed by atoms with van der Waals surface area (Å²) in [6.07, 6.45) is 3.77. The first-order valence-electron chi connectivity index (χ1n) is 8.74. The van der Waals surface area contributed by atoms with Crippen LogP contribution in [0.5, 0.6) is 0 Å². The largest absolute Gasteiger partial charge is 0.384 e. The van der Waals surface area contributed by atoms with Gasteiger partial charge in [-0.25, -0.2) is 9.97 Å². The molecule has 0 unspecified atom stereocenters. The lowest BCUT2D eigenvalue weighted by Gasteiger charge is -2.10. The fourth-order valence-electron chi connectivity index (χ4n) is 3.36. The second kappa shape index (κ2) is 6.76. The predicted octanol–water partition coefficient (Wildman–Crippen LogP) is 2.26. The fraction of sp³-hybridized carbons (Fsp3) is 0.316. The van der Waals surface area contributed by atoms with Crippen LogP contribution in [0.3, 0.4) is 0 Å². The van der Waals surface area contributed by atoms with Crippen molar-refractivity contribution in [1.29, 1.82) is 0 Å². The number of anilines is 1. The Balaban J connectivity index is 1.78. The molecule has 1 fully saturated rings. The van der Waals surface area contributed by atoms with Gasteiger partial charge < -0.3 is 20.4 Å². The van der Waals surface area contributed by atoms with E-state index in [1.807, 2.05) is 24.3 Å². The number of nitrogen functional groups attached to an aromatic ring is 1. The van der Waals surface area contributed by atoms with Crippen LogP contribution in [0, 0.1) is 0 Å². The zero-order chi connectivity index (χ0) is 18.1. The number of carbonyl (C=O) groups excluding carboxylic acids is 1. The van der Waals surface area contributed by atoms with Crippen LogP contribution in [0.15, 0.2) is 36.9 Å². The van der Waals surface area contributed by atoms with Gasteiger partial charge >= 0.3 is 0 Å². The second-order valence-electron chi connectivity index (χ2n) is 6.39. The van der Waals surface area contributed by atoms with Crippen molar-refractivity contribution in [3.05, 3.63) is 42.5 Å². The number of fused-ring (bicyclic) bond motifs is 2. The summed E-state index contributed by atoms with van der Waals surface area (Å²) in [5.74, 6) is 0.0930. The highest BCUT2D eigenvalue weighted by Gasteiger charge is 2.24. The molecule has 1 aromatic carbocycles. The Morgan fingerprint density at radius 2 is 2.15 bits per heavy atom. The Morgan fingerprint density at radius 1 is 1.38 bits per heavy atom. The molecule has 134 valence electrons. The standard InChI is InChI=1S/C19H21N5O2/c1-2-9-24-17(20)15(19(25)21-11-12-6-5-10-26-12)16-18(24)23-14-8-4-3-7-13(14)22-16/h2-4,7-8,12H,1,5-6,9-11,20H2,(H,21,25)/t12-/m0/s1. The number of nitrogens with one attached hydrogen (secondary N) is 1. The van der Waals surface area contributed by atoms with E-state index in [2.05, 4.69) is 21.9 Å². The molecule has 1 saturated heterocycles. The summed E-state index contributed by atoms with van der Waals surface area (Å²) in [6.45, 7) is 5.43. The number of hydrogen-bond acceptors (Lipinski definition) is 5. The van der Waals surface area contributed by atoms with Crippen molar-refractivity contribution in [2.75, 3.05) is 18.9 Å². The predicted molar refractivity (Wildman–Crippen MR) is 101 cm³/mol. The smallest absolute Gasteiger partial charge is 0.257 e. The second-order valence-corrected chi connectivity index (χ2v) is 6.39. The van der Waals surface area contributed by atoms with Crippen LogP contribution in [0.2, 0.25) is 0 Å². The zero-order valence-corrected chi connectivity index (χ0v) is 14.4. The van der Waals surface area contributed by atoms with Crippen LogP contribution >= 0.6 is 0 Å². The van der Waals surface area contributed by atoms with E-state index in [-0.39, 0.29) is 12.0 Å². The number of aromatic nitrogens is 3. The van der Waals surface area contributed by atoms with E-state index in [9.17, 15) is 4.79 Å². The van der Waals surface area contributed by atoms with E-state index in [1.54, 1.807) is 10.6 Å². The third kappa shape index (κ3) is 2.80. The first-order valence-corrected chi connectivity index (χ1v) is 8.74. The maximum absolute atomic E-state index is 12.8. The molecule has 0 radical (unpaired) electrons. The van der Waals surface area contributed by atoms with E-state index in [1.165, 1.54) is 0 Å². The number of ether oxygens (including phenoxy) is 1. The van der Waals surface area contributed by atoms with Gasteiger partial charge in [0.25, 0.3) is 5.91 Å². The number of amides is 1. The number of nitrogens with two attached hydrogens (primary N) is 1. The highest BCUT2D eigenvalue weighted by Crippen LogP contribution is 2.28. The van der Waals surface area contributed by atoms with Crippen molar-refractivity contribution >= 4 is 33.9 Å². The van der Waals surface area contributed by atoms with Gasteiger partial charge in [-0.1, -0.05) is 18.2 Å². The molecule has 0 spiro atoms. The lowest BCUT2D eigenvalue weighted by molar-refractivity contribution is 0.0859. The molecule has 7 heteroatoms. The Bertz CT molecular complexity index is 988. The molecular formula is C19H21N5O2. The van der Waals surface area contributed by atoms with Crippen molar-refractivity contribution in [3.8, 4) is 0 Å². The van der Waals surface area contributed by atoms with Crippen LogP contribution in [-0.2, 0) is 11.3 Å². The van der Waals surface area contributed by atoms with E-state index in [0.717, 1.165) is 30.5 Å². The molecule has 1 aliphatic heterocycles. The number of nitrogens with zero attached hydrogens (tertiary/aromatic N) is 3. The van der Waals surface area contributed by atoms with E-state index in [4.69, 9.17) is 10.5 Å². The van der Waals surface area contributed by atoms with E-state index in [0.29, 0.717) is 35.6 Å². The van der Waals surface area contributed by atoms with E-state index < -0.39 is 0 Å². The lowest BCUT2D eigenvalue weighted by Crippen LogP contribution is -2.32. The van der Waals surface area contributed by atoms with E-state index >= 15 is 0 Å². The molecule has 4 rings (SSSR count). The van der Waals surface area contributed by atoms with Crippen LogP contribution in [0.1, 0.15) is 23.2 Å². The normalized spacial score (nSPS) is 17.0. The Kier molecular flexibility index (Phi) is 4.30. The van der Waals surface area contributed by atoms with Gasteiger partial charge in [0.2, 0.25) is 0 Å². The van der Waals surface area contributed by atoms with Gasteiger partial charge in [0, 0.05) is 19.7 Å². The molecule has 2 aromatic heterocycles. The molecule has 1 aliphatic rings. The summed E-state index contributed by atoms with van der Waals surface area (Å²) in [5.41, 5.74) is 9.23. The van der Waals surface area contributed by atoms with Gasteiger partial charge in [0.15, 0.2) is 5.65 Å². The number of hydrogen-bond donors (Lipinski definition) is 2. The van der Waals surface area contributed by atoms with Crippen molar-refractivity contribution in [1.82, 2.24) is 19.9 Å². The number of para-hydroxylation sites is 2. The van der Waals surface area contributed by atoms with Crippen molar-refractivity contribution in [2.24, 2.45) is 0 Å². The molecule has 0 bridgehead atoms. The molecule has 3 heterocycles. The highest BCUT2D eigenvalue weighted by molar-refractivity contribution is 6.10. The first-order chi connectivity index (χ1) is 12.7. The topological polar surface area (TPSA) is 95.1 Å². The third-order valence-corrected chi connectivity index (χ3v) is 4.64. The summed E-state index contributed by atoms with van der Waals surface area (Å²) in [4.78, 5) is 22.2. The van der Waals surface area contributed by atoms with Crippen LogP contribution in [0.25, 0.3) is 22.2 Å². The molecule has 26 heavy (non-hydrogen) atoms. The first kappa shape index (κ1) is 16.5. The minimum atomic E-state index is -0.254. The highest BCUT2D eigenvalue weighted by atomic mass is 16.5. The van der Waals surface area contributed by atoms with Gasteiger partial charge in [-0.3, -0.25) is 4.79 Å². The quantitative estimate of drug-likeness (QED) is 0.688. The average Bonchev–Trinajstić information content (AvgIpc) is 3.25. The van der Waals surface area contributed by atoms with Crippen LogP contribution in [-0.4, -0.2) is 39.7 Å².